The Morgan fingerprint density at radius 1 is 1.00 bits per heavy atom. The molecule has 8 heteroatoms. The van der Waals surface area contributed by atoms with E-state index in [2.05, 4.69) is 15.6 Å². The van der Waals surface area contributed by atoms with Crippen molar-refractivity contribution in [1.82, 2.24) is 15.6 Å². The lowest BCUT2D eigenvalue weighted by Crippen LogP contribution is -2.51. The predicted molar refractivity (Wildman–Crippen MR) is 142 cm³/mol. The van der Waals surface area contributed by atoms with Gasteiger partial charge in [0.25, 0.3) is 0 Å². The van der Waals surface area contributed by atoms with Gasteiger partial charge >= 0.3 is 0 Å². The summed E-state index contributed by atoms with van der Waals surface area (Å²) in [7, 11) is 0. The summed E-state index contributed by atoms with van der Waals surface area (Å²) < 4.78 is 0. The molecule has 5 N–H and O–H groups in total. The minimum atomic E-state index is -1.04. The summed E-state index contributed by atoms with van der Waals surface area (Å²) in [5.41, 5.74) is 0.481. The minimum absolute atomic E-state index is 0.0258. The average molecular weight is 518 g/mol. The van der Waals surface area contributed by atoms with Gasteiger partial charge in [0, 0.05) is 25.1 Å². The Balaban J connectivity index is 1.61. The number of pyridine rings is 1. The number of rotatable bonds is 15. The largest absolute Gasteiger partial charge is 0.390 e. The summed E-state index contributed by atoms with van der Waals surface area (Å²) in [6.07, 6.45) is 8.28. The Morgan fingerprint density at radius 2 is 1.70 bits per heavy atom. The van der Waals surface area contributed by atoms with Crippen molar-refractivity contribution in [3.05, 3.63) is 30.1 Å². The van der Waals surface area contributed by atoms with Crippen molar-refractivity contribution in [2.45, 2.75) is 109 Å². The molecule has 208 valence electrons. The zero-order valence-electron chi connectivity index (χ0n) is 22.5. The molecule has 5 atom stereocenters. The van der Waals surface area contributed by atoms with Crippen LogP contribution in [0.2, 0.25) is 0 Å². The molecular weight excluding hydrogens is 470 g/mol. The quantitative estimate of drug-likeness (QED) is 0.243. The van der Waals surface area contributed by atoms with Crippen LogP contribution in [0.25, 0.3) is 0 Å². The second-order valence-corrected chi connectivity index (χ2v) is 11.7. The van der Waals surface area contributed by atoms with Crippen LogP contribution in [0.4, 0.5) is 0 Å². The number of nitrogens with one attached hydrogen (secondary N) is 2. The molecule has 0 aliphatic heterocycles. The molecule has 2 aliphatic carbocycles. The first-order valence-electron chi connectivity index (χ1n) is 14.2. The van der Waals surface area contributed by atoms with Crippen molar-refractivity contribution in [2.24, 2.45) is 23.7 Å². The van der Waals surface area contributed by atoms with Gasteiger partial charge in [-0.2, -0.15) is 0 Å². The minimum Gasteiger partial charge on any atom is -0.390 e. The molecule has 8 nitrogen and oxygen atoms in total. The maximum atomic E-state index is 13.5. The molecule has 3 rings (SSSR count). The van der Waals surface area contributed by atoms with Crippen molar-refractivity contribution >= 4 is 11.8 Å². The molecule has 0 aromatic carbocycles. The lowest BCUT2D eigenvalue weighted by atomic mass is 9.82. The van der Waals surface area contributed by atoms with Crippen LogP contribution in [-0.4, -0.2) is 56.9 Å². The number of hydrogen-bond donors (Lipinski definition) is 5. The average Bonchev–Trinajstić information content (AvgIpc) is 3.71. The lowest BCUT2D eigenvalue weighted by molar-refractivity contribution is -0.132. The van der Waals surface area contributed by atoms with E-state index in [-0.39, 0.29) is 30.7 Å². The van der Waals surface area contributed by atoms with Crippen molar-refractivity contribution in [3.63, 3.8) is 0 Å². The molecule has 0 bridgehead atoms. The van der Waals surface area contributed by atoms with Gasteiger partial charge in [-0.3, -0.25) is 14.6 Å². The molecule has 1 aromatic rings. The number of aromatic nitrogens is 1. The third kappa shape index (κ3) is 10.3. The summed E-state index contributed by atoms with van der Waals surface area (Å²) in [6.45, 7) is 4.03. The number of aliphatic hydroxyl groups excluding tert-OH is 3. The lowest BCUT2D eigenvalue weighted by Gasteiger charge is -2.33. The van der Waals surface area contributed by atoms with E-state index in [1.54, 1.807) is 24.4 Å². The first-order valence-corrected chi connectivity index (χ1v) is 14.2. The van der Waals surface area contributed by atoms with E-state index in [1.807, 2.05) is 13.8 Å². The van der Waals surface area contributed by atoms with Crippen LogP contribution in [0.15, 0.2) is 24.4 Å². The molecule has 1 aromatic heterocycles. The Kier molecular flexibility index (Phi) is 11.8. The van der Waals surface area contributed by atoms with Gasteiger partial charge in [0.1, 0.15) is 12.2 Å². The zero-order valence-corrected chi connectivity index (χ0v) is 22.5. The van der Waals surface area contributed by atoms with E-state index in [9.17, 15) is 24.9 Å². The van der Waals surface area contributed by atoms with Crippen LogP contribution in [0, 0.1) is 23.7 Å². The number of carbonyl (C=O) groups is 2. The fourth-order valence-corrected chi connectivity index (χ4v) is 5.48. The van der Waals surface area contributed by atoms with E-state index in [1.165, 1.54) is 6.42 Å². The molecule has 2 aliphatic rings. The first kappa shape index (κ1) is 29.5. The molecule has 1 unspecified atom stereocenters. The fraction of sp³-hybridized carbons (Fsp3) is 0.759. The second kappa shape index (κ2) is 14.8. The molecule has 0 spiro atoms. The maximum absolute atomic E-state index is 13.5. The Bertz CT molecular complexity index is 826. The third-order valence-electron chi connectivity index (χ3n) is 7.80. The van der Waals surface area contributed by atoms with Crippen molar-refractivity contribution in [3.8, 4) is 0 Å². The van der Waals surface area contributed by atoms with Crippen LogP contribution < -0.4 is 10.6 Å². The zero-order chi connectivity index (χ0) is 26.8. The number of aliphatic hydroxyl groups is 3. The van der Waals surface area contributed by atoms with Crippen LogP contribution in [-0.2, 0) is 9.59 Å². The molecular formula is C29H47N3O5. The van der Waals surface area contributed by atoms with Gasteiger partial charge in [0.2, 0.25) is 11.8 Å². The summed E-state index contributed by atoms with van der Waals surface area (Å²) in [6, 6.07) is 4.70. The monoisotopic (exact) mass is 517 g/mol. The number of carbonyl (C=O) groups excluding carboxylic acids is 2. The highest BCUT2D eigenvalue weighted by Crippen LogP contribution is 2.36. The highest BCUT2D eigenvalue weighted by atomic mass is 16.3. The van der Waals surface area contributed by atoms with Gasteiger partial charge in [0.15, 0.2) is 0 Å². The number of amides is 2. The summed E-state index contributed by atoms with van der Waals surface area (Å²) in [5, 5.41) is 37.8. The highest BCUT2D eigenvalue weighted by Gasteiger charge is 2.35. The smallest absolute Gasteiger partial charge is 0.223 e. The molecule has 1 heterocycles. The highest BCUT2D eigenvalue weighted by molar-refractivity contribution is 5.86. The number of nitrogens with zero attached hydrogens (tertiary/aromatic N) is 1. The molecule has 0 saturated heterocycles. The van der Waals surface area contributed by atoms with Crippen molar-refractivity contribution < 1.29 is 24.9 Å². The van der Waals surface area contributed by atoms with Gasteiger partial charge in [0.05, 0.1) is 17.8 Å². The van der Waals surface area contributed by atoms with E-state index < -0.39 is 30.3 Å². The van der Waals surface area contributed by atoms with E-state index in [0.717, 1.165) is 38.5 Å². The standard InChI is InChI=1S/C29H47N3O5/c1-19(2)14-25(33)28(36)24(16-20-8-4-3-5-9-20)32-29(37)22(15-21-11-12-21)17-27(35)31-18-26(34)23-10-6-7-13-30-23/h6-7,10,13,19-22,24-26,28,33-34,36H,3-5,8-9,11-12,14-18H2,1-2H3,(H,31,35)(H,32,37)/t22-,24+,25+,26?,28-/m1/s1. The summed E-state index contributed by atoms with van der Waals surface area (Å²) >= 11 is 0. The van der Waals surface area contributed by atoms with Crippen LogP contribution >= 0.6 is 0 Å². The van der Waals surface area contributed by atoms with Crippen molar-refractivity contribution in [2.75, 3.05) is 6.54 Å². The Morgan fingerprint density at radius 3 is 2.32 bits per heavy atom. The fourth-order valence-electron chi connectivity index (χ4n) is 5.48. The Labute approximate surface area is 221 Å². The van der Waals surface area contributed by atoms with Crippen molar-refractivity contribution in [1.29, 1.82) is 0 Å². The normalized spacial score (nSPS) is 20.6. The second-order valence-electron chi connectivity index (χ2n) is 11.7. The van der Waals surface area contributed by atoms with Gasteiger partial charge in [-0.1, -0.05) is 64.9 Å². The first-order chi connectivity index (χ1) is 17.7. The molecule has 0 radical (unpaired) electrons. The SMILES string of the molecule is CC(C)C[C@H](O)[C@H](O)[C@H](CC1CCCCC1)NC(=O)[C@@H](CC(=O)NCC(O)c1ccccn1)CC1CC1. The number of hydrogen-bond acceptors (Lipinski definition) is 6. The topological polar surface area (TPSA) is 132 Å². The molecule has 2 amide bonds. The van der Waals surface area contributed by atoms with E-state index in [4.69, 9.17) is 0 Å². The van der Waals surface area contributed by atoms with Crippen LogP contribution in [0.1, 0.15) is 96.3 Å². The van der Waals surface area contributed by atoms with Gasteiger partial charge < -0.3 is 26.0 Å². The Hall–Kier alpha value is -2.03. The van der Waals surface area contributed by atoms with Gasteiger partial charge in [-0.15, -0.1) is 0 Å². The predicted octanol–water partition coefficient (Wildman–Crippen LogP) is 3.26. The van der Waals surface area contributed by atoms with Crippen LogP contribution in [0.5, 0.6) is 0 Å². The molecule has 2 fully saturated rings. The summed E-state index contributed by atoms with van der Waals surface area (Å²) in [4.78, 5) is 30.3. The third-order valence-corrected chi connectivity index (χ3v) is 7.80. The summed E-state index contributed by atoms with van der Waals surface area (Å²) in [5.74, 6) is 0.0456. The van der Waals surface area contributed by atoms with E-state index in [0.29, 0.717) is 36.8 Å². The van der Waals surface area contributed by atoms with Gasteiger partial charge in [-0.25, -0.2) is 0 Å². The molecule has 37 heavy (non-hydrogen) atoms. The molecule has 2 saturated carbocycles. The van der Waals surface area contributed by atoms with Crippen LogP contribution in [0.3, 0.4) is 0 Å². The van der Waals surface area contributed by atoms with Gasteiger partial charge in [-0.05, 0) is 49.1 Å². The maximum Gasteiger partial charge on any atom is 0.223 e. The van der Waals surface area contributed by atoms with E-state index >= 15 is 0 Å².